The van der Waals surface area contributed by atoms with Crippen LogP contribution in [0.2, 0.25) is 0 Å². The molecule has 0 saturated carbocycles. The van der Waals surface area contributed by atoms with E-state index in [9.17, 15) is 24.3 Å². The van der Waals surface area contributed by atoms with Gasteiger partial charge in [-0.3, -0.25) is 14.4 Å². The molecule has 44 heavy (non-hydrogen) atoms. The normalized spacial score (nSPS) is 11.2. The molecule has 0 aliphatic heterocycles. The molecule has 1 atom stereocenters. The van der Waals surface area contributed by atoms with Crippen molar-refractivity contribution < 1.29 is 29.0 Å². The Labute approximate surface area is 253 Å². The molecule has 2 heterocycles. The number of hydrogen-bond donors (Lipinski definition) is 4. The maximum absolute atomic E-state index is 12.9. The molecule has 0 saturated heterocycles. The minimum Gasteiger partial charge on any atom is -0.495 e. The van der Waals surface area contributed by atoms with Gasteiger partial charge in [0.05, 0.1) is 31.7 Å². The molecule has 13 heteroatoms. The number of para-hydroxylation sites is 1. The van der Waals surface area contributed by atoms with E-state index < -0.39 is 23.9 Å². The first-order chi connectivity index (χ1) is 21.1. The number of carboxylic acids is 1. The number of carbonyl (C=O) groups is 4. The molecule has 0 spiro atoms. The summed E-state index contributed by atoms with van der Waals surface area (Å²) in [6.45, 7) is 1.89. The zero-order valence-electron chi connectivity index (χ0n) is 24.3. The van der Waals surface area contributed by atoms with Crippen molar-refractivity contribution in [3.05, 3.63) is 102 Å². The largest absolute Gasteiger partial charge is 0.495 e. The Kier molecular flexibility index (Phi) is 10.1. The fourth-order valence-electron chi connectivity index (χ4n) is 4.37. The number of nitrogens with zero attached hydrogens (tertiary/aromatic N) is 4. The van der Waals surface area contributed by atoms with Gasteiger partial charge in [0.25, 0.3) is 5.91 Å². The molecule has 2 aromatic heterocycles. The van der Waals surface area contributed by atoms with Gasteiger partial charge in [0.15, 0.2) is 5.69 Å². The minimum atomic E-state index is -1.10. The Morgan fingerprint density at radius 3 is 2.39 bits per heavy atom. The molecule has 0 fully saturated rings. The lowest BCUT2D eigenvalue weighted by atomic mass is 10.0. The summed E-state index contributed by atoms with van der Waals surface area (Å²) in [5, 5.41) is 25.2. The number of rotatable bonds is 11. The molecule has 13 nitrogen and oxygen atoms in total. The first kappa shape index (κ1) is 31.1. The third-order valence-electron chi connectivity index (χ3n) is 6.66. The molecule has 226 valence electrons. The summed E-state index contributed by atoms with van der Waals surface area (Å²) < 4.78 is 5.42. The maximum Gasteiger partial charge on any atom is 0.323 e. The van der Waals surface area contributed by atoms with Crippen LogP contribution in [0, 0.1) is 6.92 Å². The summed E-state index contributed by atoms with van der Waals surface area (Å²) in [7, 11) is 2.94. The molecule has 4 amide bonds. The minimum absolute atomic E-state index is 0.00747. The summed E-state index contributed by atoms with van der Waals surface area (Å²) in [4.78, 5) is 55.2. The number of ether oxygens (including phenoxy) is 1. The van der Waals surface area contributed by atoms with E-state index in [1.807, 2.05) is 25.1 Å². The number of methoxy groups -OCH3 is 1. The van der Waals surface area contributed by atoms with Crippen LogP contribution in [-0.4, -0.2) is 63.2 Å². The lowest BCUT2D eigenvalue weighted by Gasteiger charge is -2.27. The molecule has 4 aromatic rings. The number of carbonyl (C=O) groups excluding carboxylic acids is 3. The second-order valence-electron chi connectivity index (χ2n) is 9.77. The molecule has 0 aliphatic rings. The van der Waals surface area contributed by atoms with Crippen LogP contribution in [0.4, 0.5) is 22.0 Å². The predicted molar refractivity (Wildman–Crippen MR) is 163 cm³/mol. The van der Waals surface area contributed by atoms with Crippen LogP contribution in [0.5, 0.6) is 5.75 Å². The standard InChI is InChI=1S/C31H31N7O6/c1-19-7-4-5-8-22(19)34-31(43)35-23-12-10-20(15-26(23)44-3)16-28(39)36-27-13-11-21(18-32-27)25(17-29(40)41)38(2)30(42)24-9-6-14-33-37-24/h4-15,18,25H,16-17H2,1-3H3,(H,40,41)(H,32,36,39)(H2,34,35,43). The summed E-state index contributed by atoms with van der Waals surface area (Å²) in [5.41, 5.74) is 3.20. The quantitative estimate of drug-likeness (QED) is 0.196. The number of aryl methyl sites for hydroxylation is 1. The Balaban J connectivity index is 1.39. The zero-order valence-corrected chi connectivity index (χ0v) is 24.3. The molecular formula is C31H31N7O6. The van der Waals surface area contributed by atoms with Gasteiger partial charge < -0.3 is 30.7 Å². The summed E-state index contributed by atoms with van der Waals surface area (Å²) in [6, 6.07) is 17.3. The number of urea groups is 1. The number of amides is 4. The summed E-state index contributed by atoms with van der Waals surface area (Å²) >= 11 is 0. The highest BCUT2D eigenvalue weighted by Crippen LogP contribution is 2.27. The van der Waals surface area contributed by atoms with Gasteiger partial charge in [-0.2, -0.15) is 5.10 Å². The van der Waals surface area contributed by atoms with Crippen molar-refractivity contribution in [1.82, 2.24) is 20.1 Å². The highest BCUT2D eigenvalue weighted by atomic mass is 16.5. The Morgan fingerprint density at radius 2 is 1.73 bits per heavy atom. The van der Waals surface area contributed by atoms with Gasteiger partial charge in [0, 0.05) is 25.1 Å². The van der Waals surface area contributed by atoms with Crippen LogP contribution in [0.25, 0.3) is 0 Å². The second-order valence-corrected chi connectivity index (χ2v) is 9.77. The van der Waals surface area contributed by atoms with E-state index in [4.69, 9.17) is 4.74 Å². The number of carboxylic acid groups (broad SMARTS) is 1. The third-order valence-corrected chi connectivity index (χ3v) is 6.66. The van der Waals surface area contributed by atoms with Gasteiger partial charge in [0.2, 0.25) is 5.91 Å². The van der Waals surface area contributed by atoms with Crippen molar-refractivity contribution in [2.24, 2.45) is 0 Å². The molecule has 0 radical (unpaired) electrons. The van der Waals surface area contributed by atoms with Crippen molar-refractivity contribution in [2.45, 2.75) is 25.8 Å². The second kappa shape index (κ2) is 14.4. The molecule has 0 bridgehead atoms. The van der Waals surface area contributed by atoms with E-state index in [2.05, 4.69) is 31.1 Å². The van der Waals surface area contributed by atoms with Crippen LogP contribution in [0.3, 0.4) is 0 Å². The van der Waals surface area contributed by atoms with Crippen LogP contribution in [0.15, 0.2) is 79.1 Å². The number of pyridine rings is 1. The fraction of sp³-hybridized carbons (Fsp3) is 0.194. The molecule has 2 aromatic carbocycles. The van der Waals surface area contributed by atoms with E-state index in [1.54, 1.807) is 36.4 Å². The molecular weight excluding hydrogens is 566 g/mol. The third kappa shape index (κ3) is 8.12. The van der Waals surface area contributed by atoms with Gasteiger partial charge in [-0.1, -0.05) is 30.3 Å². The van der Waals surface area contributed by atoms with Crippen molar-refractivity contribution in [3.8, 4) is 5.75 Å². The van der Waals surface area contributed by atoms with E-state index in [-0.39, 0.29) is 30.3 Å². The van der Waals surface area contributed by atoms with E-state index in [0.717, 1.165) is 5.56 Å². The average Bonchev–Trinajstić information content (AvgIpc) is 3.01. The average molecular weight is 598 g/mol. The number of aromatic nitrogens is 3. The predicted octanol–water partition coefficient (Wildman–Crippen LogP) is 4.30. The maximum atomic E-state index is 12.9. The topological polar surface area (TPSA) is 176 Å². The first-order valence-corrected chi connectivity index (χ1v) is 13.5. The van der Waals surface area contributed by atoms with Crippen LogP contribution < -0.4 is 20.7 Å². The van der Waals surface area contributed by atoms with Crippen molar-refractivity contribution in [1.29, 1.82) is 0 Å². The van der Waals surface area contributed by atoms with Crippen molar-refractivity contribution in [2.75, 3.05) is 30.1 Å². The fourth-order valence-corrected chi connectivity index (χ4v) is 4.37. The first-order valence-electron chi connectivity index (χ1n) is 13.5. The molecule has 4 N–H and O–H groups in total. The molecule has 4 rings (SSSR count). The van der Waals surface area contributed by atoms with Crippen LogP contribution in [0.1, 0.15) is 39.6 Å². The van der Waals surface area contributed by atoms with Gasteiger partial charge in [-0.15, -0.1) is 5.10 Å². The van der Waals surface area contributed by atoms with Gasteiger partial charge in [-0.05, 0) is 60.0 Å². The smallest absolute Gasteiger partial charge is 0.323 e. The number of anilines is 3. The molecule has 0 aliphatic carbocycles. The van der Waals surface area contributed by atoms with E-state index >= 15 is 0 Å². The Morgan fingerprint density at radius 1 is 0.955 bits per heavy atom. The summed E-state index contributed by atoms with van der Waals surface area (Å²) in [5.74, 6) is -1.33. The number of benzene rings is 2. The number of nitrogens with one attached hydrogen (secondary N) is 3. The van der Waals surface area contributed by atoms with Gasteiger partial charge >= 0.3 is 12.0 Å². The number of aliphatic carboxylic acids is 1. The Hall–Kier alpha value is -5.85. The molecule has 1 unspecified atom stereocenters. The SMILES string of the molecule is COc1cc(CC(=O)Nc2ccc(C(CC(=O)O)N(C)C(=O)c3cccnn3)cn2)ccc1NC(=O)Nc1ccccc1C. The highest BCUT2D eigenvalue weighted by molar-refractivity contribution is 6.01. The van der Waals surface area contributed by atoms with Gasteiger partial charge in [0.1, 0.15) is 11.6 Å². The van der Waals surface area contributed by atoms with E-state index in [0.29, 0.717) is 28.3 Å². The van der Waals surface area contributed by atoms with Crippen LogP contribution in [-0.2, 0) is 16.0 Å². The monoisotopic (exact) mass is 597 g/mol. The lowest BCUT2D eigenvalue weighted by Crippen LogP contribution is -2.33. The highest BCUT2D eigenvalue weighted by Gasteiger charge is 2.26. The zero-order chi connectivity index (χ0) is 31.6. The van der Waals surface area contributed by atoms with E-state index in [1.165, 1.54) is 43.6 Å². The van der Waals surface area contributed by atoms with Crippen LogP contribution >= 0.6 is 0 Å². The van der Waals surface area contributed by atoms with Gasteiger partial charge in [-0.25, -0.2) is 9.78 Å². The summed E-state index contributed by atoms with van der Waals surface area (Å²) in [6.07, 6.45) is 2.47. The van der Waals surface area contributed by atoms with Crippen molar-refractivity contribution >= 4 is 41.0 Å². The number of hydrogen-bond acceptors (Lipinski definition) is 8. The van der Waals surface area contributed by atoms with Crippen molar-refractivity contribution in [3.63, 3.8) is 0 Å². The Bertz CT molecular complexity index is 1650. The lowest BCUT2D eigenvalue weighted by molar-refractivity contribution is -0.138.